The Hall–Kier alpha value is -1.46. The number of halogens is 1. The number of hydrogen-bond donors (Lipinski definition) is 2. The van der Waals surface area contributed by atoms with Crippen molar-refractivity contribution in [3.63, 3.8) is 0 Å². The monoisotopic (exact) mass is 272 g/mol. The Labute approximate surface area is 111 Å². The van der Waals surface area contributed by atoms with Crippen LogP contribution in [0.5, 0.6) is 11.5 Å². The molecule has 18 heavy (non-hydrogen) atoms. The van der Waals surface area contributed by atoms with Gasteiger partial charge in [-0.2, -0.15) is 0 Å². The number of nitrogens with one attached hydrogen (secondary N) is 2. The molecule has 1 rings (SSSR count). The summed E-state index contributed by atoms with van der Waals surface area (Å²) < 4.78 is 10.6. The predicted molar refractivity (Wildman–Crippen MR) is 70.3 cm³/mol. The van der Waals surface area contributed by atoms with Gasteiger partial charge in [0.2, 0.25) is 0 Å². The van der Waals surface area contributed by atoms with Gasteiger partial charge in [-0.1, -0.05) is 11.6 Å². The highest BCUT2D eigenvalue weighted by molar-refractivity contribution is 6.32. The van der Waals surface area contributed by atoms with Gasteiger partial charge in [0.25, 0.3) is 5.91 Å². The fourth-order valence-corrected chi connectivity index (χ4v) is 1.72. The summed E-state index contributed by atoms with van der Waals surface area (Å²) in [6, 6.07) is 3.60. The standard InChI is InChI=1S/C12H17ClN2O3/c1-14-6-8-4-9(13)12(10(5-8)17-3)18-7-11(16)15-2/h4-5,14H,6-7H2,1-3H3,(H,15,16). The molecule has 0 aromatic heterocycles. The smallest absolute Gasteiger partial charge is 0.257 e. The number of rotatable bonds is 6. The zero-order valence-corrected chi connectivity index (χ0v) is 11.4. The number of benzene rings is 1. The van der Waals surface area contributed by atoms with E-state index in [1.165, 1.54) is 7.11 Å². The van der Waals surface area contributed by atoms with Gasteiger partial charge in [-0.15, -0.1) is 0 Å². The first kappa shape index (κ1) is 14.6. The number of methoxy groups -OCH3 is 1. The van der Waals surface area contributed by atoms with Crippen molar-refractivity contribution < 1.29 is 14.3 Å². The Morgan fingerprint density at radius 1 is 1.39 bits per heavy atom. The van der Waals surface area contributed by atoms with E-state index in [2.05, 4.69) is 10.6 Å². The van der Waals surface area contributed by atoms with Crippen molar-refractivity contribution in [3.8, 4) is 11.5 Å². The van der Waals surface area contributed by atoms with Crippen molar-refractivity contribution in [1.82, 2.24) is 10.6 Å². The molecule has 100 valence electrons. The second kappa shape index (κ2) is 7.08. The molecule has 0 saturated carbocycles. The van der Waals surface area contributed by atoms with Gasteiger partial charge in [-0.05, 0) is 24.7 Å². The van der Waals surface area contributed by atoms with E-state index in [-0.39, 0.29) is 12.5 Å². The van der Waals surface area contributed by atoms with Crippen LogP contribution in [-0.2, 0) is 11.3 Å². The molecule has 0 aliphatic heterocycles. The molecule has 0 saturated heterocycles. The molecule has 2 N–H and O–H groups in total. The lowest BCUT2D eigenvalue weighted by atomic mass is 10.2. The summed E-state index contributed by atoms with van der Waals surface area (Å²) in [5.74, 6) is 0.659. The highest BCUT2D eigenvalue weighted by Crippen LogP contribution is 2.36. The van der Waals surface area contributed by atoms with Gasteiger partial charge in [-0.3, -0.25) is 4.79 Å². The molecule has 1 aromatic rings. The molecule has 0 fully saturated rings. The van der Waals surface area contributed by atoms with Crippen molar-refractivity contribution in [2.75, 3.05) is 27.8 Å². The Bertz CT molecular complexity index is 424. The van der Waals surface area contributed by atoms with E-state index in [4.69, 9.17) is 21.1 Å². The SMILES string of the molecule is CNCc1cc(Cl)c(OCC(=O)NC)c(OC)c1. The summed E-state index contributed by atoms with van der Waals surface area (Å²) in [6.07, 6.45) is 0. The number of likely N-dealkylation sites (N-methyl/N-ethyl adjacent to an activating group) is 1. The van der Waals surface area contributed by atoms with Crippen LogP contribution in [0.25, 0.3) is 0 Å². The normalized spacial score (nSPS) is 10.0. The van der Waals surface area contributed by atoms with Gasteiger partial charge in [0.05, 0.1) is 12.1 Å². The van der Waals surface area contributed by atoms with Crippen LogP contribution in [0.2, 0.25) is 5.02 Å². The van der Waals surface area contributed by atoms with Crippen LogP contribution in [0.1, 0.15) is 5.56 Å². The highest BCUT2D eigenvalue weighted by atomic mass is 35.5. The first-order valence-electron chi connectivity index (χ1n) is 5.46. The fraction of sp³-hybridized carbons (Fsp3) is 0.417. The molecule has 0 atom stereocenters. The van der Waals surface area contributed by atoms with Crippen LogP contribution in [0.15, 0.2) is 12.1 Å². The molecule has 6 heteroatoms. The van der Waals surface area contributed by atoms with Gasteiger partial charge < -0.3 is 20.1 Å². The summed E-state index contributed by atoms with van der Waals surface area (Å²) in [4.78, 5) is 11.1. The first-order chi connectivity index (χ1) is 8.62. The summed E-state index contributed by atoms with van der Waals surface area (Å²) in [5, 5.41) is 5.91. The number of ether oxygens (including phenoxy) is 2. The number of amides is 1. The lowest BCUT2D eigenvalue weighted by Gasteiger charge is -2.13. The zero-order valence-electron chi connectivity index (χ0n) is 10.7. The maximum absolute atomic E-state index is 11.1. The van der Waals surface area contributed by atoms with E-state index in [1.807, 2.05) is 13.1 Å². The summed E-state index contributed by atoms with van der Waals surface area (Å²) >= 11 is 6.11. The molecular formula is C12H17ClN2O3. The van der Waals surface area contributed by atoms with E-state index in [0.29, 0.717) is 23.1 Å². The zero-order chi connectivity index (χ0) is 13.5. The summed E-state index contributed by atoms with van der Waals surface area (Å²) in [6.45, 7) is 0.573. The van der Waals surface area contributed by atoms with Gasteiger partial charge in [-0.25, -0.2) is 0 Å². The maximum atomic E-state index is 11.1. The van der Waals surface area contributed by atoms with Crippen molar-refractivity contribution in [2.45, 2.75) is 6.54 Å². The van der Waals surface area contributed by atoms with E-state index in [9.17, 15) is 4.79 Å². The van der Waals surface area contributed by atoms with Crippen molar-refractivity contribution >= 4 is 17.5 Å². The summed E-state index contributed by atoms with van der Waals surface area (Å²) in [7, 11) is 4.92. The molecule has 5 nitrogen and oxygen atoms in total. The van der Waals surface area contributed by atoms with E-state index in [1.54, 1.807) is 13.1 Å². The second-order valence-corrected chi connectivity index (χ2v) is 4.01. The van der Waals surface area contributed by atoms with Crippen LogP contribution < -0.4 is 20.1 Å². The molecule has 0 spiro atoms. The van der Waals surface area contributed by atoms with Crippen molar-refractivity contribution in [2.24, 2.45) is 0 Å². The van der Waals surface area contributed by atoms with Crippen LogP contribution in [-0.4, -0.2) is 33.7 Å². The molecule has 1 amide bonds. The average Bonchev–Trinajstić information content (AvgIpc) is 2.36. The largest absolute Gasteiger partial charge is 0.493 e. The molecule has 1 aromatic carbocycles. The Morgan fingerprint density at radius 2 is 2.11 bits per heavy atom. The maximum Gasteiger partial charge on any atom is 0.257 e. The fourth-order valence-electron chi connectivity index (χ4n) is 1.43. The van der Waals surface area contributed by atoms with Crippen LogP contribution in [0.3, 0.4) is 0 Å². The van der Waals surface area contributed by atoms with E-state index < -0.39 is 0 Å². The molecular weight excluding hydrogens is 256 g/mol. The molecule has 0 unspecified atom stereocenters. The third kappa shape index (κ3) is 3.78. The van der Waals surface area contributed by atoms with Gasteiger partial charge >= 0.3 is 0 Å². The first-order valence-corrected chi connectivity index (χ1v) is 5.84. The number of carbonyl (C=O) groups is 1. The molecule has 0 heterocycles. The minimum atomic E-state index is -0.229. The Kier molecular flexibility index (Phi) is 5.74. The van der Waals surface area contributed by atoms with Crippen LogP contribution in [0.4, 0.5) is 0 Å². The topological polar surface area (TPSA) is 59.6 Å². The quantitative estimate of drug-likeness (QED) is 0.817. The molecule has 0 aliphatic rings. The number of carbonyl (C=O) groups excluding carboxylic acids is 1. The van der Waals surface area contributed by atoms with Gasteiger partial charge in [0.15, 0.2) is 18.1 Å². The van der Waals surface area contributed by atoms with E-state index >= 15 is 0 Å². The predicted octanol–water partition coefficient (Wildman–Crippen LogP) is 1.19. The highest BCUT2D eigenvalue weighted by Gasteiger charge is 2.13. The molecule has 0 aliphatic carbocycles. The molecule has 0 radical (unpaired) electrons. The Balaban J connectivity index is 2.92. The third-order valence-electron chi connectivity index (χ3n) is 2.30. The minimum Gasteiger partial charge on any atom is -0.493 e. The minimum absolute atomic E-state index is 0.0993. The number of hydrogen-bond acceptors (Lipinski definition) is 4. The lowest BCUT2D eigenvalue weighted by molar-refractivity contribution is -0.122. The van der Waals surface area contributed by atoms with Gasteiger partial charge in [0, 0.05) is 13.6 Å². The van der Waals surface area contributed by atoms with Crippen LogP contribution >= 0.6 is 11.6 Å². The van der Waals surface area contributed by atoms with Crippen molar-refractivity contribution in [3.05, 3.63) is 22.7 Å². The van der Waals surface area contributed by atoms with E-state index in [0.717, 1.165) is 5.56 Å². The third-order valence-corrected chi connectivity index (χ3v) is 2.58. The average molecular weight is 273 g/mol. The van der Waals surface area contributed by atoms with Crippen molar-refractivity contribution in [1.29, 1.82) is 0 Å². The van der Waals surface area contributed by atoms with Gasteiger partial charge in [0.1, 0.15) is 0 Å². The molecule has 0 bridgehead atoms. The second-order valence-electron chi connectivity index (χ2n) is 3.60. The summed E-state index contributed by atoms with van der Waals surface area (Å²) in [5.41, 5.74) is 0.978. The van der Waals surface area contributed by atoms with Crippen LogP contribution in [0, 0.1) is 0 Å². The Morgan fingerprint density at radius 3 is 2.67 bits per heavy atom. The lowest BCUT2D eigenvalue weighted by Crippen LogP contribution is -2.25.